The summed E-state index contributed by atoms with van der Waals surface area (Å²) in [7, 11) is 0. The fraction of sp³-hybridized carbons (Fsp3) is 0.300. The number of amides is 1. The highest BCUT2D eigenvalue weighted by molar-refractivity contribution is 7.21. The molecule has 140 valence electrons. The lowest BCUT2D eigenvalue weighted by atomic mass is 10.2. The monoisotopic (exact) mass is 419 g/mol. The Balaban J connectivity index is 1.38. The van der Waals surface area contributed by atoms with Gasteiger partial charge in [-0.3, -0.25) is 14.7 Å². The Kier molecular flexibility index (Phi) is 5.64. The van der Waals surface area contributed by atoms with Crippen LogP contribution >= 0.6 is 34.5 Å². The van der Waals surface area contributed by atoms with E-state index in [1.165, 1.54) is 16.9 Å². The fourth-order valence-corrected chi connectivity index (χ4v) is 5.09. The molecule has 1 fully saturated rings. The van der Waals surface area contributed by atoms with Crippen LogP contribution in [-0.4, -0.2) is 53.4 Å². The molecule has 0 radical (unpaired) electrons. The van der Waals surface area contributed by atoms with Crippen LogP contribution < -0.4 is 0 Å². The minimum atomic E-state index is 0.0195. The maximum atomic E-state index is 13.0. The molecule has 4 nitrogen and oxygen atoms in total. The van der Waals surface area contributed by atoms with E-state index < -0.39 is 0 Å². The molecule has 7 heteroatoms. The van der Waals surface area contributed by atoms with Gasteiger partial charge in [-0.05, 0) is 36.2 Å². The van der Waals surface area contributed by atoms with Crippen molar-refractivity contribution >= 4 is 50.5 Å². The zero-order valence-corrected chi connectivity index (χ0v) is 17.0. The highest BCUT2D eigenvalue weighted by Gasteiger charge is 2.26. The molecular weight excluding hydrogens is 401 g/mol. The largest absolute Gasteiger partial charge is 0.335 e. The molecule has 1 aromatic carbocycles. The number of nitrogens with zero attached hydrogens (tertiary/aromatic N) is 3. The van der Waals surface area contributed by atoms with Gasteiger partial charge in [0.15, 0.2) is 0 Å². The Bertz CT molecular complexity index is 953. The van der Waals surface area contributed by atoms with Gasteiger partial charge < -0.3 is 4.90 Å². The molecule has 3 heterocycles. The molecule has 1 aliphatic rings. The predicted molar refractivity (Wildman–Crippen MR) is 112 cm³/mol. The van der Waals surface area contributed by atoms with Crippen molar-refractivity contribution in [2.75, 3.05) is 32.7 Å². The molecule has 0 unspecified atom stereocenters. The van der Waals surface area contributed by atoms with Crippen molar-refractivity contribution in [1.29, 1.82) is 0 Å². The Morgan fingerprint density at radius 2 is 1.81 bits per heavy atom. The molecule has 0 N–H and O–H groups in total. The van der Waals surface area contributed by atoms with E-state index in [9.17, 15) is 4.79 Å². The molecule has 0 saturated carbocycles. The number of fused-ring (bicyclic) bond motifs is 1. The van der Waals surface area contributed by atoms with E-state index in [-0.39, 0.29) is 5.91 Å². The predicted octanol–water partition coefficient (Wildman–Crippen LogP) is 4.60. The van der Waals surface area contributed by atoms with Crippen molar-refractivity contribution in [3.8, 4) is 0 Å². The second kappa shape index (κ2) is 8.15. The second-order valence-corrected chi connectivity index (χ2v) is 8.49. The molecule has 27 heavy (non-hydrogen) atoms. The zero-order chi connectivity index (χ0) is 18.8. The minimum absolute atomic E-state index is 0.0195. The quantitative estimate of drug-likeness (QED) is 0.619. The van der Waals surface area contributed by atoms with Gasteiger partial charge >= 0.3 is 0 Å². The van der Waals surface area contributed by atoms with Gasteiger partial charge in [0.25, 0.3) is 5.91 Å². The van der Waals surface area contributed by atoms with Crippen LogP contribution in [0.15, 0.2) is 42.7 Å². The number of halogens is 2. The molecule has 0 aliphatic carbocycles. The van der Waals surface area contributed by atoms with Gasteiger partial charge in [0.1, 0.15) is 4.88 Å². The van der Waals surface area contributed by atoms with E-state index in [0.29, 0.717) is 14.9 Å². The zero-order valence-electron chi connectivity index (χ0n) is 14.7. The van der Waals surface area contributed by atoms with Crippen LogP contribution in [0.5, 0.6) is 0 Å². The molecule has 1 amide bonds. The highest BCUT2D eigenvalue weighted by Crippen LogP contribution is 2.37. The molecule has 4 rings (SSSR count). The number of pyridine rings is 1. The first-order valence-electron chi connectivity index (χ1n) is 8.90. The van der Waals surface area contributed by atoms with Crippen molar-refractivity contribution in [3.63, 3.8) is 0 Å². The van der Waals surface area contributed by atoms with Crippen molar-refractivity contribution in [2.45, 2.75) is 6.42 Å². The van der Waals surface area contributed by atoms with Crippen LogP contribution in [0.25, 0.3) is 10.1 Å². The van der Waals surface area contributed by atoms with Crippen LogP contribution in [-0.2, 0) is 6.42 Å². The lowest BCUT2D eigenvalue weighted by Crippen LogP contribution is -2.49. The van der Waals surface area contributed by atoms with E-state index in [1.807, 2.05) is 29.4 Å². The Morgan fingerprint density at radius 1 is 1.07 bits per heavy atom. The molecule has 0 spiro atoms. The summed E-state index contributed by atoms with van der Waals surface area (Å²) < 4.78 is 0.951. The number of piperazine rings is 1. The summed E-state index contributed by atoms with van der Waals surface area (Å²) in [6.07, 6.45) is 4.65. The Hall–Kier alpha value is -1.66. The van der Waals surface area contributed by atoms with E-state index in [2.05, 4.69) is 22.0 Å². The lowest BCUT2D eigenvalue weighted by molar-refractivity contribution is 0.0643. The van der Waals surface area contributed by atoms with E-state index in [1.54, 1.807) is 6.07 Å². The van der Waals surface area contributed by atoms with Gasteiger partial charge in [-0.15, -0.1) is 11.3 Å². The van der Waals surface area contributed by atoms with E-state index in [4.69, 9.17) is 23.2 Å². The SMILES string of the molecule is O=C(c1sc2cc(Cl)ccc2c1Cl)N1CCN(CCc2ccncc2)CC1. The van der Waals surface area contributed by atoms with Gasteiger partial charge in [0.2, 0.25) is 0 Å². The average Bonchev–Trinajstić information content (AvgIpc) is 3.02. The third-order valence-corrected chi connectivity index (χ3v) is 6.79. The summed E-state index contributed by atoms with van der Waals surface area (Å²) >= 11 is 14.0. The van der Waals surface area contributed by atoms with E-state index >= 15 is 0 Å². The summed E-state index contributed by atoms with van der Waals surface area (Å²) in [5.41, 5.74) is 1.29. The Labute approximate surface area is 172 Å². The second-order valence-electron chi connectivity index (χ2n) is 6.62. The molecule has 1 saturated heterocycles. The van der Waals surface area contributed by atoms with Crippen LogP contribution in [0.1, 0.15) is 15.2 Å². The first kappa shape index (κ1) is 18.7. The average molecular weight is 420 g/mol. The standard InChI is InChI=1S/C20H19Cl2N3OS/c21-15-1-2-16-17(13-15)27-19(18(16)22)20(26)25-11-9-24(10-12-25)8-5-14-3-6-23-7-4-14/h1-4,6-7,13H,5,8-12H2. The maximum Gasteiger partial charge on any atom is 0.265 e. The van der Waals surface area contributed by atoms with Crippen LogP contribution in [0.4, 0.5) is 0 Å². The summed E-state index contributed by atoms with van der Waals surface area (Å²) in [6, 6.07) is 9.65. The topological polar surface area (TPSA) is 36.4 Å². The summed E-state index contributed by atoms with van der Waals surface area (Å²) in [5.74, 6) is 0.0195. The van der Waals surface area contributed by atoms with Gasteiger partial charge in [0, 0.05) is 60.2 Å². The van der Waals surface area contributed by atoms with Crippen molar-refractivity contribution < 1.29 is 4.79 Å². The number of aromatic nitrogens is 1. The first-order valence-corrected chi connectivity index (χ1v) is 10.5. The molecule has 0 bridgehead atoms. The molecular formula is C20H19Cl2N3OS. The number of carbonyl (C=O) groups is 1. The maximum absolute atomic E-state index is 13.0. The molecule has 3 aromatic rings. The van der Waals surface area contributed by atoms with E-state index in [0.717, 1.165) is 49.2 Å². The minimum Gasteiger partial charge on any atom is -0.335 e. The molecule has 0 atom stereocenters. The van der Waals surface area contributed by atoms with Gasteiger partial charge in [-0.25, -0.2) is 0 Å². The first-order chi connectivity index (χ1) is 13.1. The highest BCUT2D eigenvalue weighted by atomic mass is 35.5. The lowest BCUT2D eigenvalue weighted by Gasteiger charge is -2.34. The number of rotatable bonds is 4. The van der Waals surface area contributed by atoms with Crippen molar-refractivity contribution in [3.05, 3.63) is 63.2 Å². The van der Waals surface area contributed by atoms with Crippen molar-refractivity contribution in [2.24, 2.45) is 0 Å². The summed E-state index contributed by atoms with van der Waals surface area (Å²) in [4.78, 5) is 21.9. The fourth-order valence-electron chi connectivity index (χ4n) is 3.33. The summed E-state index contributed by atoms with van der Waals surface area (Å²) in [5, 5.41) is 2.09. The Morgan fingerprint density at radius 3 is 2.56 bits per heavy atom. The number of thiophene rings is 1. The third-order valence-electron chi connectivity index (χ3n) is 4.91. The normalized spacial score (nSPS) is 15.4. The third kappa shape index (κ3) is 4.11. The number of hydrogen-bond donors (Lipinski definition) is 0. The van der Waals surface area contributed by atoms with Gasteiger partial charge in [-0.2, -0.15) is 0 Å². The molecule has 1 aliphatic heterocycles. The van der Waals surface area contributed by atoms with Gasteiger partial charge in [-0.1, -0.05) is 29.3 Å². The number of benzene rings is 1. The van der Waals surface area contributed by atoms with Crippen LogP contribution in [0, 0.1) is 0 Å². The number of carbonyl (C=O) groups excluding carboxylic acids is 1. The number of hydrogen-bond acceptors (Lipinski definition) is 4. The smallest absolute Gasteiger partial charge is 0.265 e. The van der Waals surface area contributed by atoms with Crippen molar-refractivity contribution in [1.82, 2.24) is 14.8 Å². The summed E-state index contributed by atoms with van der Waals surface area (Å²) in [6.45, 7) is 4.20. The van der Waals surface area contributed by atoms with Crippen LogP contribution in [0.3, 0.4) is 0 Å². The molecule has 2 aromatic heterocycles. The van der Waals surface area contributed by atoms with Gasteiger partial charge in [0.05, 0.1) is 5.02 Å². The van der Waals surface area contributed by atoms with Crippen LogP contribution in [0.2, 0.25) is 10.0 Å².